The molecule has 0 spiro atoms. The highest BCUT2D eigenvalue weighted by atomic mass is 16.2. The van der Waals surface area contributed by atoms with Gasteiger partial charge in [0, 0.05) is 5.69 Å². The molecular formula is C8H10N4O. The number of amides is 1. The van der Waals surface area contributed by atoms with Crippen molar-refractivity contribution >= 4 is 5.91 Å². The molecule has 1 amide bonds. The third-order valence-electron chi connectivity index (χ3n) is 1.48. The van der Waals surface area contributed by atoms with Gasteiger partial charge in [0.25, 0.3) is 5.91 Å². The Labute approximate surface area is 75.8 Å². The van der Waals surface area contributed by atoms with Crippen molar-refractivity contribution in [1.29, 1.82) is 5.26 Å². The van der Waals surface area contributed by atoms with E-state index in [1.54, 1.807) is 19.9 Å². The van der Waals surface area contributed by atoms with Crippen molar-refractivity contribution in [2.45, 2.75) is 19.9 Å². The third-order valence-corrected chi connectivity index (χ3v) is 1.48. The summed E-state index contributed by atoms with van der Waals surface area (Å²) in [5.74, 6) is -0.335. The zero-order chi connectivity index (χ0) is 9.84. The molecule has 0 aliphatic carbocycles. The molecule has 0 fully saturated rings. The summed E-state index contributed by atoms with van der Waals surface area (Å²) >= 11 is 0. The van der Waals surface area contributed by atoms with Crippen LogP contribution in [-0.4, -0.2) is 22.1 Å². The second kappa shape index (κ2) is 3.72. The average Bonchev–Trinajstić information content (AvgIpc) is 2.51. The van der Waals surface area contributed by atoms with E-state index in [2.05, 4.69) is 15.5 Å². The summed E-state index contributed by atoms with van der Waals surface area (Å²) in [6, 6.07) is 3.03. The number of aryl methyl sites for hydroxylation is 1. The minimum absolute atomic E-state index is 0.305. The summed E-state index contributed by atoms with van der Waals surface area (Å²) in [6.07, 6.45) is 0. The SMILES string of the molecule is Cc1cc(C(=O)N[C@H](C)C#N)n[nH]1. The number of carbonyl (C=O) groups is 1. The molecule has 0 bridgehead atoms. The van der Waals surface area contributed by atoms with Crippen LogP contribution in [-0.2, 0) is 0 Å². The molecule has 2 N–H and O–H groups in total. The molecule has 1 heterocycles. The van der Waals surface area contributed by atoms with Gasteiger partial charge in [-0.2, -0.15) is 10.4 Å². The van der Waals surface area contributed by atoms with E-state index in [0.717, 1.165) is 5.69 Å². The predicted octanol–water partition coefficient (Wildman–Crippen LogP) is 0.360. The van der Waals surface area contributed by atoms with Crippen molar-refractivity contribution in [3.8, 4) is 6.07 Å². The Morgan fingerprint density at radius 3 is 3.00 bits per heavy atom. The van der Waals surface area contributed by atoms with Crippen molar-refractivity contribution in [1.82, 2.24) is 15.5 Å². The van der Waals surface area contributed by atoms with Crippen molar-refractivity contribution in [2.75, 3.05) is 0 Å². The number of rotatable bonds is 2. The molecule has 0 radical (unpaired) electrons. The third kappa shape index (κ3) is 2.30. The number of nitriles is 1. The molecule has 5 heteroatoms. The summed E-state index contributed by atoms with van der Waals surface area (Å²) in [6.45, 7) is 3.41. The number of nitrogens with zero attached hydrogens (tertiary/aromatic N) is 2. The van der Waals surface area contributed by atoms with Crippen LogP contribution in [0.1, 0.15) is 23.1 Å². The highest BCUT2D eigenvalue weighted by molar-refractivity contribution is 5.92. The molecule has 1 aromatic rings. The van der Waals surface area contributed by atoms with Crippen LogP contribution in [0.4, 0.5) is 0 Å². The molecule has 5 nitrogen and oxygen atoms in total. The molecule has 0 aliphatic rings. The van der Waals surface area contributed by atoms with Gasteiger partial charge in [-0.1, -0.05) is 0 Å². The highest BCUT2D eigenvalue weighted by Gasteiger charge is 2.11. The van der Waals surface area contributed by atoms with Gasteiger partial charge in [-0.25, -0.2) is 0 Å². The van der Waals surface area contributed by atoms with Crippen LogP contribution in [0.5, 0.6) is 0 Å². The Morgan fingerprint density at radius 2 is 2.54 bits per heavy atom. The van der Waals surface area contributed by atoms with Gasteiger partial charge in [-0.05, 0) is 19.9 Å². The molecule has 0 unspecified atom stereocenters. The van der Waals surface area contributed by atoms with Crippen LogP contribution in [0.3, 0.4) is 0 Å². The molecule has 0 aromatic carbocycles. The summed E-state index contributed by atoms with van der Waals surface area (Å²) in [5, 5.41) is 17.3. The minimum atomic E-state index is -0.496. The van der Waals surface area contributed by atoms with E-state index in [0.29, 0.717) is 5.69 Å². The zero-order valence-electron chi connectivity index (χ0n) is 7.46. The lowest BCUT2D eigenvalue weighted by molar-refractivity contribution is 0.0943. The topological polar surface area (TPSA) is 81.6 Å². The van der Waals surface area contributed by atoms with Gasteiger partial charge < -0.3 is 5.32 Å². The number of aromatic amines is 1. The lowest BCUT2D eigenvalue weighted by Crippen LogP contribution is -2.31. The molecule has 13 heavy (non-hydrogen) atoms. The summed E-state index contributed by atoms with van der Waals surface area (Å²) in [5.41, 5.74) is 1.12. The van der Waals surface area contributed by atoms with Gasteiger partial charge in [-0.15, -0.1) is 0 Å². The Morgan fingerprint density at radius 1 is 1.85 bits per heavy atom. The average molecular weight is 178 g/mol. The molecule has 1 atom stereocenters. The Bertz CT molecular complexity index is 349. The largest absolute Gasteiger partial charge is 0.335 e. The molecule has 1 aromatic heterocycles. The standard InChI is InChI=1S/C8H10N4O/c1-5-3-7(12-11-5)8(13)10-6(2)4-9/h3,6H,1-2H3,(H,10,13)(H,11,12)/t6-/m1/s1. The van der Waals surface area contributed by atoms with Gasteiger partial charge in [-0.3, -0.25) is 9.89 Å². The molecule has 0 saturated heterocycles. The fourth-order valence-corrected chi connectivity index (χ4v) is 0.837. The quantitative estimate of drug-likeness (QED) is 0.686. The molecule has 1 rings (SSSR count). The van der Waals surface area contributed by atoms with Gasteiger partial charge in [0.2, 0.25) is 0 Å². The fourth-order valence-electron chi connectivity index (χ4n) is 0.837. The zero-order valence-corrected chi connectivity index (χ0v) is 7.46. The number of nitrogens with one attached hydrogen (secondary N) is 2. The van der Waals surface area contributed by atoms with Gasteiger partial charge in [0.05, 0.1) is 6.07 Å². The van der Waals surface area contributed by atoms with E-state index in [9.17, 15) is 4.79 Å². The predicted molar refractivity (Wildman–Crippen MR) is 45.9 cm³/mol. The first kappa shape index (κ1) is 9.26. The van der Waals surface area contributed by atoms with Crippen LogP contribution in [0.25, 0.3) is 0 Å². The van der Waals surface area contributed by atoms with E-state index in [-0.39, 0.29) is 5.91 Å². The van der Waals surface area contributed by atoms with Crippen molar-refractivity contribution in [3.63, 3.8) is 0 Å². The first-order valence-electron chi connectivity index (χ1n) is 3.86. The number of hydrogen-bond donors (Lipinski definition) is 2. The fraction of sp³-hybridized carbons (Fsp3) is 0.375. The first-order valence-corrected chi connectivity index (χ1v) is 3.86. The van der Waals surface area contributed by atoms with E-state index in [1.807, 2.05) is 6.07 Å². The van der Waals surface area contributed by atoms with Crippen LogP contribution in [0.2, 0.25) is 0 Å². The molecule has 0 aliphatic heterocycles. The second-order valence-corrected chi connectivity index (χ2v) is 2.76. The van der Waals surface area contributed by atoms with Gasteiger partial charge in [0.1, 0.15) is 11.7 Å². The molecule has 0 saturated carbocycles. The Kier molecular flexibility index (Phi) is 2.65. The van der Waals surface area contributed by atoms with Crippen LogP contribution >= 0.6 is 0 Å². The highest BCUT2D eigenvalue weighted by Crippen LogP contribution is 1.97. The van der Waals surface area contributed by atoms with Crippen molar-refractivity contribution < 1.29 is 4.79 Å². The maximum absolute atomic E-state index is 11.3. The van der Waals surface area contributed by atoms with E-state index >= 15 is 0 Å². The number of carbonyl (C=O) groups excluding carboxylic acids is 1. The first-order chi connectivity index (χ1) is 6.13. The van der Waals surface area contributed by atoms with Crippen LogP contribution in [0.15, 0.2) is 6.07 Å². The lowest BCUT2D eigenvalue weighted by Gasteiger charge is -2.02. The van der Waals surface area contributed by atoms with E-state index in [4.69, 9.17) is 5.26 Å². The Balaban J connectivity index is 2.65. The summed E-state index contributed by atoms with van der Waals surface area (Å²) in [4.78, 5) is 11.3. The van der Waals surface area contributed by atoms with Crippen LogP contribution < -0.4 is 5.32 Å². The Hall–Kier alpha value is -1.83. The number of H-pyrrole nitrogens is 1. The maximum atomic E-state index is 11.3. The lowest BCUT2D eigenvalue weighted by atomic mass is 10.3. The van der Waals surface area contributed by atoms with E-state index in [1.165, 1.54) is 0 Å². The monoisotopic (exact) mass is 178 g/mol. The smallest absolute Gasteiger partial charge is 0.272 e. The summed E-state index contributed by atoms with van der Waals surface area (Å²) in [7, 11) is 0. The van der Waals surface area contributed by atoms with Crippen molar-refractivity contribution in [3.05, 3.63) is 17.5 Å². The van der Waals surface area contributed by atoms with Gasteiger partial charge >= 0.3 is 0 Å². The number of hydrogen-bond acceptors (Lipinski definition) is 3. The van der Waals surface area contributed by atoms with E-state index < -0.39 is 6.04 Å². The van der Waals surface area contributed by atoms with Gasteiger partial charge in [0.15, 0.2) is 0 Å². The molecule has 68 valence electrons. The van der Waals surface area contributed by atoms with Crippen molar-refractivity contribution in [2.24, 2.45) is 0 Å². The van der Waals surface area contributed by atoms with Crippen LogP contribution in [0, 0.1) is 18.3 Å². The number of aromatic nitrogens is 2. The minimum Gasteiger partial charge on any atom is -0.335 e. The normalized spacial score (nSPS) is 11.8. The molecular weight excluding hydrogens is 168 g/mol. The maximum Gasteiger partial charge on any atom is 0.272 e. The summed E-state index contributed by atoms with van der Waals surface area (Å²) < 4.78 is 0. The second-order valence-electron chi connectivity index (χ2n) is 2.76.